The fourth-order valence-corrected chi connectivity index (χ4v) is 3.08. The van der Waals surface area contributed by atoms with E-state index in [1.165, 1.54) is 12.1 Å². The predicted molar refractivity (Wildman–Crippen MR) is 90.4 cm³/mol. The quantitative estimate of drug-likeness (QED) is 0.646. The van der Waals surface area contributed by atoms with Crippen LogP contribution >= 0.6 is 12.4 Å². The molecule has 1 saturated heterocycles. The molecule has 4 N–H and O–H groups in total. The Morgan fingerprint density at radius 2 is 1.96 bits per heavy atom. The molecule has 1 aliphatic heterocycles. The van der Waals surface area contributed by atoms with Crippen LogP contribution in [0.25, 0.3) is 0 Å². The van der Waals surface area contributed by atoms with Gasteiger partial charge in [0.25, 0.3) is 0 Å². The number of rotatable bonds is 5. The summed E-state index contributed by atoms with van der Waals surface area (Å²) in [6.07, 6.45) is 0. The summed E-state index contributed by atoms with van der Waals surface area (Å²) in [6, 6.07) is 4.56. The standard InChI is InChI=1S/C16H24N2O4.ClH/c1-16(2,10-19)14(18-7-5-17-6-8-18)11-3-4-13(20)12(9-11)15(21)22;/h3-4,9,14,17,19-20H,5-8,10H2,1-2H3,(H,21,22);1H/t14-;/m0./s1. The van der Waals surface area contributed by atoms with Gasteiger partial charge in [0.05, 0.1) is 0 Å². The number of halogens is 1. The van der Waals surface area contributed by atoms with Crippen molar-refractivity contribution in [2.75, 3.05) is 32.8 Å². The molecule has 1 atom stereocenters. The van der Waals surface area contributed by atoms with Gasteiger partial charge in [-0.2, -0.15) is 0 Å². The molecule has 2 rings (SSSR count). The summed E-state index contributed by atoms with van der Waals surface area (Å²) in [7, 11) is 0. The second-order valence-corrected chi connectivity index (χ2v) is 6.42. The molecule has 1 heterocycles. The van der Waals surface area contributed by atoms with E-state index in [1.54, 1.807) is 6.07 Å². The molecule has 1 aromatic carbocycles. The number of hydrogen-bond donors (Lipinski definition) is 4. The van der Waals surface area contributed by atoms with E-state index < -0.39 is 11.4 Å². The second kappa shape index (κ2) is 7.97. The van der Waals surface area contributed by atoms with Crippen molar-refractivity contribution in [3.63, 3.8) is 0 Å². The minimum Gasteiger partial charge on any atom is -0.507 e. The maximum Gasteiger partial charge on any atom is 0.339 e. The molecule has 1 fully saturated rings. The highest BCUT2D eigenvalue weighted by Gasteiger charge is 2.36. The molecule has 130 valence electrons. The van der Waals surface area contributed by atoms with Crippen LogP contribution in [0.1, 0.15) is 35.8 Å². The first-order chi connectivity index (χ1) is 10.4. The third kappa shape index (κ3) is 4.35. The van der Waals surface area contributed by atoms with Gasteiger partial charge < -0.3 is 20.6 Å². The van der Waals surface area contributed by atoms with Crippen LogP contribution in [0.2, 0.25) is 0 Å². The molecule has 0 unspecified atom stereocenters. The Bertz CT molecular complexity index is 545. The van der Waals surface area contributed by atoms with Gasteiger partial charge in [-0.25, -0.2) is 4.79 Å². The van der Waals surface area contributed by atoms with Crippen molar-refractivity contribution in [3.05, 3.63) is 29.3 Å². The Balaban J connectivity index is 0.00000264. The molecule has 0 aromatic heterocycles. The molecule has 23 heavy (non-hydrogen) atoms. The Kier molecular flexibility index (Phi) is 6.83. The molecular weight excluding hydrogens is 320 g/mol. The second-order valence-electron chi connectivity index (χ2n) is 6.42. The first-order valence-electron chi connectivity index (χ1n) is 7.48. The van der Waals surface area contributed by atoms with Gasteiger partial charge in [-0.05, 0) is 17.7 Å². The number of aromatic carboxylic acids is 1. The van der Waals surface area contributed by atoms with Crippen molar-refractivity contribution >= 4 is 18.4 Å². The van der Waals surface area contributed by atoms with Crippen molar-refractivity contribution in [1.82, 2.24) is 10.2 Å². The molecule has 6 nitrogen and oxygen atoms in total. The van der Waals surface area contributed by atoms with Gasteiger partial charge in [-0.3, -0.25) is 4.90 Å². The van der Waals surface area contributed by atoms with Crippen LogP contribution in [0.4, 0.5) is 0 Å². The van der Waals surface area contributed by atoms with Crippen LogP contribution in [0.5, 0.6) is 5.75 Å². The van der Waals surface area contributed by atoms with Crippen molar-refractivity contribution in [3.8, 4) is 5.75 Å². The average molecular weight is 345 g/mol. The largest absolute Gasteiger partial charge is 0.507 e. The van der Waals surface area contributed by atoms with Gasteiger partial charge in [0, 0.05) is 44.2 Å². The topological polar surface area (TPSA) is 93.0 Å². The SMILES string of the molecule is CC(C)(CO)[C@H](c1ccc(O)c(C(=O)O)c1)N1CCNCC1.Cl. The van der Waals surface area contributed by atoms with Crippen LogP contribution in [-0.4, -0.2) is 59.0 Å². The van der Waals surface area contributed by atoms with Gasteiger partial charge >= 0.3 is 5.97 Å². The lowest BCUT2D eigenvalue weighted by Gasteiger charge is -2.43. The van der Waals surface area contributed by atoms with E-state index in [0.29, 0.717) is 0 Å². The minimum atomic E-state index is -1.15. The predicted octanol–water partition coefficient (Wildman–Crippen LogP) is 1.48. The smallest absolute Gasteiger partial charge is 0.339 e. The van der Waals surface area contributed by atoms with Crippen LogP contribution < -0.4 is 5.32 Å². The number of benzene rings is 1. The van der Waals surface area contributed by atoms with Crippen LogP contribution in [-0.2, 0) is 0 Å². The normalized spacial score (nSPS) is 17.3. The van der Waals surface area contributed by atoms with Gasteiger partial charge in [0.15, 0.2) is 0 Å². The molecule has 0 bridgehead atoms. The molecule has 1 aliphatic rings. The zero-order chi connectivity index (χ0) is 16.3. The number of aliphatic hydroxyl groups excluding tert-OH is 1. The van der Waals surface area contributed by atoms with Crippen LogP contribution in [0.3, 0.4) is 0 Å². The third-order valence-corrected chi connectivity index (χ3v) is 4.23. The van der Waals surface area contributed by atoms with E-state index in [1.807, 2.05) is 13.8 Å². The third-order valence-electron chi connectivity index (χ3n) is 4.23. The summed E-state index contributed by atoms with van der Waals surface area (Å²) in [5.74, 6) is -1.39. The fourth-order valence-electron chi connectivity index (χ4n) is 3.08. The summed E-state index contributed by atoms with van der Waals surface area (Å²) < 4.78 is 0. The number of carboxylic acid groups (broad SMARTS) is 1. The number of carbonyl (C=O) groups is 1. The fraction of sp³-hybridized carbons (Fsp3) is 0.562. The molecule has 0 saturated carbocycles. The summed E-state index contributed by atoms with van der Waals surface area (Å²) in [4.78, 5) is 13.5. The van der Waals surface area contributed by atoms with Crippen molar-refractivity contribution in [2.24, 2.45) is 5.41 Å². The number of aromatic hydroxyl groups is 1. The average Bonchev–Trinajstić information content (AvgIpc) is 2.50. The van der Waals surface area contributed by atoms with E-state index in [4.69, 9.17) is 0 Å². The molecule has 0 amide bonds. The van der Waals surface area contributed by atoms with E-state index in [9.17, 15) is 20.1 Å². The van der Waals surface area contributed by atoms with Crippen molar-refractivity contribution < 1.29 is 20.1 Å². The lowest BCUT2D eigenvalue weighted by atomic mass is 9.79. The number of piperazine rings is 1. The van der Waals surface area contributed by atoms with Gasteiger partial charge in [0.2, 0.25) is 0 Å². The van der Waals surface area contributed by atoms with Gasteiger partial charge in [-0.1, -0.05) is 19.9 Å². The number of carboxylic acids is 1. The minimum absolute atomic E-state index is 0. The van der Waals surface area contributed by atoms with E-state index in [-0.39, 0.29) is 36.4 Å². The van der Waals surface area contributed by atoms with Crippen LogP contribution in [0.15, 0.2) is 18.2 Å². The summed E-state index contributed by atoms with van der Waals surface area (Å²) >= 11 is 0. The molecular formula is C16H25ClN2O4. The highest BCUT2D eigenvalue weighted by molar-refractivity contribution is 5.91. The maximum absolute atomic E-state index is 11.3. The van der Waals surface area contributed by atoms with E-state index in [2.05, 4.69) is 10.2 Å². The van der Waals surface area contributed by atoms with Crippen LogP contribution in [0, 0.1) is 5.41 Å². The molecule has 0 aliphatic carbocycles. The van der Waals surface area contributed by atoms with E-state index >= 15 is 0 Å². The Labute approximate surface area is 142 Å². The number of phenols is 1. The Morgan fingerprint density at radius 1 is 1.35 bits per heavy atom. The number of hydrogen-bond acceptors (Lipinski definition) is 5. The zero-order valence-electron chi connectivity index (χ0n) is 13.5. The maximum atomic E-state index is 11.3. The zero-order valence-corrected chi connectivity index (χ0v) is 14.3. The Morgan fingerprint density at radius 3 is 2.48 bits per heavy atom. The number of aliphatic hydroxyl groups is 1. The monoisotopic (exact) mass is 344 g/mol. The highest BCUT2D eigenvalue weighted by atomic mass is 35.5. The first-order valence-corrected chi connectivity index (χ1v) is 7.48. The lowest BCUT2D eigenvalue weighted by Crippen LogP contribution is -2.49. The number of nitrogens with one attached hydrogen (secondary N) is 1. The molecule has 0 radical (unpaired) electrons. The molecule has 1 aromatic rings. The molecule has 7 heteroatoms. The van der Waals surface area contributed by atoms with Crippen molar-refractivity contribution in [1.29, 1.82) is 0 Å². The molecule has 0 spiro atoms. The lowest BCUT2D eigenvalue weighted by molar-refractivity contribution is 0.0304. The van der Waals surface area contributed by atoms with Crippen molar-refractivity contribution in [2.45, 2.75) is 19.9 Å². The summed E-state index contributed by atoms with van der Waals surface area (Å²) in [6.45, 7) is 7.31. The number of nitrogens with zero attached hydrogens (tertiary/aromatic N) is 1. The van der Waals surface area contributed by atoms with Gasteiger partial charge in [-0.15, -0.1) is 12.4 Å². The summed E-state index contributed by atoms with van der Waals surface area (Å²) in [5.41, 5.74) is 0.270. The van der Waals surface area contributed by atoms with Gasteiger partial charge in [0.1, 0.15) is 11.3 Å². The first kappa shape index (κ1) is 19.7. The summed E-state index contributed by atoms with van der Waals surface area (Å²) in [5, 5.41) is 32.0. The highest BCUT2D eigenvalue weighted by Crippen LogP contribution is 2.39. The Hall–Kier alpha value is -1.34. The van der Waals surface area contributed by atoms with E-state index in [0.717, 1.165) is 31.7 Å².